The van der Waals surface area contributed by atoms with Gasteiger partial charge in [0.2, 0.25) is 5.88 Å². The molecule has 8 nitrogen and oxygen atoms in total. The summed E-state index contributed by atoms with van der Waals surface area (Å²) in [6.07, 6.45) is 8.31. The fraction of sp³-hybridized carbons (Fsp3) is 0.258. The lowest BCUT2D eigenvalue weighted by molar-refractivity contribution is 0.0394. The Balaban J connectivity index is 0.963. The van der Waals surface area contributed by atoms with Gasteiger partial charge in [0.15, 0.2) is 0 Å². The Morgan fingerprint density at radius 3 is 2.59 bits per heavy atom. The number of aromatic nitrogens is 4. The minimum absolute atomic E-state index is 0.289. The van der Waals surface area contributed by atoms with Gasteiger partial charge in [0.1, 0.15) is 18.1 Å². The summed E-state index contributed by atoms with van der Waals surface area (Å²) in [5.41, 5.74) is 5.19. The minimum atomic E-state index is 0.289. The summed E-state index contributed by atoms with van der Waals surface area (Å²) in [7, 11) is 2.08. The second-order valence-electron chi connectivity index (χ2n) is 9.39. The fourth-order valence-corrected chi connectivity index (χ4v) is 4.50. The third kappa shape index (κ3) is 5.70. The molecule has 0 aliphatic carbocycles. The standard InChI is InChI=1S/C31H29N5O3/c1-36-29-11-12-32-21-28(29)27-9-5-22(16-30(27)36)23-6-10-31(35-17-23)39-15-3-14-37-25-8-7-24(34-20-25)4-2-13-38-26-18-33-19-26/h5-12,16-17,20-21,26,33H,3,13-15,18-19H2,1H3. The van der Waals surface area contributed by atoms with Crippen LogP contribution in [-0.4, -0.2) is 58.5 Å². The number of hydrogen-bond acceptors (Lipinski definition) is 7. The molecule has 0 spiro atoms. The summed E-state index contributed by atoms with van der Waals surface area (Å²) in [6, 6.07) is 16.2. The second-order valence-corrected chi connectivity index (χ2v) is 9.39. The maximum absolute atomic E-state index is 5.82. The summed E-state index contributed by atoms with van der Waals surface area (Å²) in [6.45, 7) is 3.26. The summed E-state index contributed by atoms with van der Waals surface area (Å²) in [5, 5.41) is 5.52. The summed E-state index contributed by atoms with van der Waals surface area (Å²) < 4.78 is 19.4. The van der Waals surface area contributed by atoms with Gasteiger partial charge in [-0.15, -0.1) is 0 Å². The van der Waals surface area contributed by atoms with E-state index in [0.29, 0.717) is 37.1 Å². The number of pyridine rings is 3. The average Bonchev–Trinajstić information content (AvgIpc) is 3.24. The van der Waals surface area contributed by atoms with Gasteiger partial charge in [0, 0.05) is 73.1 Å². The molecule has 1 fully saturated rings. The topological polar surface area (TPSA) is 83.3 Å². The van der Waals surface area contributed by atoms with E-state index in [2.05, 4.69) is 61.9 Å². The Kier molecular flexibility index (Phi) is 7.34. The van der Waals surface area contributed by atoms with Crippen LogP contribution in [0, 0.1) is 11.8 Å². The first kappa shape index (κ1) is 24.9. The van der Waals surface area contributed by atoms with E-state index in [9.17, 15) is 0 Å². The quantitative estimate of drug-likeness (QED) is 0.229. The van der Waals surface area contributed by atoms with Crippen LogP contribution in [0.3, 0.4) is 0 Å². The van der Waals surface area contributed by atoms with Crippen molar-refractivity contribution in [2.45, 2.75) is 12.5 Å². The number of rotatable bonds is 9. The van der Waals surface area contributed by atoms with Crippen molar-refractivity contribution in [1.82, 2.24) is 24.8 Å². The maximum atomic E-state index is 5.82. The number of hydrogen-bond donors (Lipinski definition) is 1. The van der Waals surface area contributed by atoms with Gasteiger partial charge >= 0.3 is 0 Å². The number of benzene rings is 1. The first-order valence-corrected chi connectivity index (χ1v) is 13.1. The van der Waals surface area contributed by atoms with Crippen molar-refractivity contribution >= 4 is 21.8 Å². The van der Waals surface area contributed by atoms with Crippen LogP contribution in [0.25, 0.3) is 32.9 Å². The zero-order chi connectivity index (χ0) is 26.4. The highest BCUT2D eigenvalue weighted by Crippen LogP contribution is 2.31. The average molecular weight is 520 g/mol. The lowest BCUT2D eigenvalue weighted by Gasteiger charge is -2.25. The number of ether oxygens (including phenoxy) is 3. The smallest absolute Gasteiger partial charge is 0.213 e. The van der Waals surface area contributed by atoms with Gasteiger partial charge in [-0.3, -0.25) is 4.98 Å². The molecule has 0 saturated carbocycles. The molecule has 0 atom stereocenters. The van der Waals surface area contributed by atoms with Crippen molar-refractivity contribution < 1.29 is 14.2 Å². The normalized spacial score (nSPS) is 13.2. The van der Waals surface area contributed by atoms with Crippen LogP contribution in [-0.2, 0) is 11.8 Å². The van der Waals surface area contributed by atoms with Crippen LogP contribution in [0.4, 0.5) is 0 Å². The van der Waals surface area contributed by atoms with Gasteiger partial charge in [-0.25, -0.2) is 9.97 Å². The predicted octanol–water partition coefficient (Wildman–Crippen LogP) is 4.37. The van der Waals surface area contributed by atoms with Crippen molar-refractivity contribution in [2.75, 3.05) is 32.9 Å². The molecule has 5 heterocycles. The van der Waals surface area contributed by atoms with Crippen molar-refractivity contribution in [3.63, 3.8) is 0 Å². The predicted molar refractivity (Wildman–Crippen MR) is 151 cm³/mol. The lowest BCUT2D eigenvalue weighted by atomic mass is 10.1. The molecule has 39 heavy (non-hydrogen) atoms. The molecule has 0 radical (unpaired) electrons. The monoisotopic (exact) mass is 519 g/mol. The molecule has 0 bridgehead atoms. The van der Waals surface area contributed by atoms with Gasteiger partial charge in [-0.1, -0.05) is 18.1 Å². The third-order valence-corrected chi connectivity index (χ3v) is 6.77. The molecule has 1 aliphatic rings. The number of fused-ring (bicyclic) bond motifs is 3. The SMILES string of the molecule is Cn1c2ccncc2c2ccc(-c3ccc(OCCCOc4ccc(C#CCOC5CNC5)nc4)nc3)cc21. The van der Waals surface area contributed by atoms with Crippen molar-refractivity contribution in [2.24, 2.45) is 7.05 Å². The summed E-state index contributed by atoms with van der Waals surface area (Å²) >= 11 is 0. The highest BCUT2D eigenvalue weighted by Gasteiger charge is 2.15. The van der Waals surface area contributed by atoms with E-state index >= 15 is 0 Å². The van der Waals surface area contributed by atoms with E-state index in [4.69, 9.17) is 14.2 Å². The molecule has 1 aromatic carbocycles. The molecular formula is C31H29N5O3. The molecule has 0 unspecified atom stereocenters. The lowest BCUT2D eigenvalue weighted by Crippen LogP contribution is -2.48. The van der Waals surface area contributed by atoms with Gasteiger partial charge < -0.3 is 24.1 Å². The van der Waals surface area contributed by atoms with Gasteiger partial charge in [0.05, 0.1) is 31.0 Å². The van der Waals surface area contributed by atoms with Crippen molar-refractivity contribution in [1.29, 1.82) is 0 Å². The zero-order valence-electron chi connectivity index (χ0n) is 21.8. The molecule has 1 saturated heterocycles. The largest absolute Gasteiger partial charge is 0.492 e. The maximum Gasteiger partial charge on any atom is 0.213 e. The molecule has 4 aromatic heterocycles. The molecule has 6 rings (SSSR count). The fourth-order valence-electron chi connectivity index (χ4n) is 4.50. The van der Waals surface area contributed by atoms with E-state index in [0.717, 1.165) is 36.0 Å². The molecule has 5 aromatic rings. The van der Waals surface area contributed by atoms with E-state index in [1.807, 2.05) is 48.9 Å². The van der Waals surface area contributed by atoms with E-state index < -0.39 is 0 Å². The third-order valence-electron chi connectivity index (χ3n) is 6.77. The van der Waals surface area contributed by atoms with Gasteiger partial charge in [-0.2, -0.15) is 0 Å². The van der Waals surface area contributed by atoms with E-state index in [1.54, 1.807) is 6.20 Å². The van der Waals surface area contributed by atoms with Crippen LogP contribution in [0.5, 0.6) is 11.6 Å². The van der Waals surface area contributed by atoms with Crippen LogP contribution in [0.1, 0.15) is 12.1 Å². The molecule has 0 amide bonds. The summed E-state index contributed by atoms with van der Waals surface area (Å²) in [4.78, 5) is 13.1. The van der Waals surface area contributed by atoms with Crippen LogP contribution in [0.2, 0.25) is 0 Å². The highest BCUT2D eigenvalue weighted by molar-refractivity contribution is 6.08. The van der Waals surface area contributed by atoms with Gasteiger partial charge in [0.25, 0.3) is 0 Å². The number of aryl methyl sites for hydroxylation is 1. The first-order chi connectivity index (χ1) is 19.2. The Hall–Kier alpha value is -4.45. The summed E-state index contributed by atoms with van der Waals surface area (Å²) in [5.74, 6) is 7.30. The van der Waals surface area contributed by atoms with Crippen LogP contribution < -0.4 is 14.8 Å². The molecule has 8 heteroatoms. The Morgan fingerprint density at radius 1 is 0.897 bits per heavy atom. The van der Waals surface area contributed by atoms with E-state index in [1.165, 1.54) is 16.4 Å². The Morgan fingerprint density at radius 2 is 1.79 bits per heavy atom. The van der Waals surface area contributed by atoms with Crippen LogP contribution >= 0.6 is 0 Å². The van der Waals surface area contributed by atoms with Gasteiger partial charge in [-0.05, 0) is 41.8 Å². The molecule has 1 N–H and O–H groups in total. The van der Waals surface area contributed by atoms with Crippen LogP contribution in [0.15, 0.2) is 73.3 Å². The highest BCUT2D eigenvalue weighted by atomic mass is 16.5. The number of nitrogens with one attached hydrogen (secondary N) is 1. The second kappa shape index (κ2) is 11.5. The zero-order valence-corrected chi connectivity index (χ0v) is 21.8. The van der Waals surface area contributed by atoms with Crippen molar-refractivity contribution in [3.8, 4) is 34.6 Å². The minimum Gasteiger partial charge on any atom is -0.492 e. The molecule has 1 aliphatic heterocycles. The van der Waals surface area contributed by atoms with Crippen molar-refractivity contribution in [3.05, 3.63) is 79.0 Å². The Labute approximate surface area is 227 Å². The Bertz CT molecular complexity index is 1630. The molecule has 196 valence electrons. The first-order valence-electron chi connectivity index (χ1n) is 13.1. The van der Waals surface area contributed by atoms with E-state index in [-0.39, 0.29) is 6.10 Å². The molecular weight excluding hydrogens is 490 g/mol. The number of nitrogens with zero attached hydrogens (tertiary/aromatic N) is 4.